The van der Waals surface area contributed by atoms with Crippen LogP contribution in [0.25, 0.3) is 0 Å². The lowest BCUT2D eigenvalue weighted by atomic mass is 10.2. The van der Waals surface area contributed by atoms with Crippen molar-refractivity contribution >= 4 is 27.3 Å². The lowest BCUT2D eigenvalue weighted by Gasteiger charge is -2.08. The van der Waals surface area contributed by atoms with Crippen LogP contribution in [-0.2, 0) is 0 Å². The zero-order valence-corrected chi connectivity index (χ0v) is 11.3. The van der Waals surface area contributed by atoms with Gasteiger partial charge in [-0.15, -0.1) is 0 Å². The molecule has 0 fully saturated rings. The van der Waals surface area contributed by atoms with Gasteiger partial charge in [0.25, 0.3) is 5.19 Å². The third-order valence-electron chi connectivity index (χ3n) is 1.97. The first-order valence-electron chi connectivity index (χ1n) is 4.62. The summed E-state index contributed by atoms with van der Waals surface area (Å²) in [7, 11) is 1.62. The molecule has 0 amide bonds. The summed E-state index contributed by atoms with van der Waals surface area (Å²) in [6.07, 6.45) is 0. The largest absolute Gasteiger partial charge is 0.493 e. The van der Waals surface area contributed by atoms with Crippen LogP contribution >= 0.6 is 27.3 Å². The highest BCUT2D eigenvalue weighted by Crippen LogP contribution is 2.34. The number of hydrogen-bond acceptors (Lipinski definition) is 4. The topological polar surface area (TPSA) is 31.4 Å². The number of aryl methyl sites for hydroxylation is 1. The Morgan fingerprint density at radius 3 is 2.75 bits per heavy atom. The Morgan fingerprint density at radius 2 is 2.12 bits per heavy atom. The SMILES string of the molecule is COc1cc(C)ccc1Oc1nc(Br)cs1. The Labute approximate surface area is 106 Å². The Hall–Kier alpha value is -1.07. The fourth-order valence-electron chi connectivity index (χ4n) is 1.24. The van der Waals surface area contributed by atoms with Crippen molar-refractivity contribution in [2.45, 2.75) is 6.92 Å². The number of halogens is 1. The Kier molecular flexibility index (Phi) is 3.46. The smallest absolute Gasteiger partial charge is 0.279 e. The molecule has 3 nitrogen and oxygen atoms in total. The molecule has 0 saturated carbocycles. The molecule has 0 aliphatic rings. The maximum absolute atomic E-state index is 5.63. The van der Waals surface area contributed by atoms with Gasteiger partial charge in [0.1, 0.15) is 4.60 Å². The number of methoxy groups -OCH3 is 1. The van der Waals surface area contributed by atoms with E-state index in [0.717, 1.165) is 10.2 Å². The van der Waals surface area contributed by atoms with Crippen LogP contribution in [0.2, 0.25) is 0 Å². The fraction of sp³-hybridized carbons (Fsp3) is 0.182. The molecular weight excluding hydrogens is 290 g/mol. The van der Waals surface area contributed by atoms with Crippen molar-refractivity contribution in [2.75, 3.05) is 7.11 Å². The molecule has 0 spiro atoms. The predicted molar refractivity (Wildman–Crippen MR) is 67.6 cm³/mol. The Morgan fingerprint density at radius 1 is 1.31 bits per heavy atom. The molecule has 1 aromatic carbocycles. The maximum atomic E-state index is 5.63. The van der Waals surface area contributed by atoms with E-state index < -0.39 is 0 Å². The standard InChI is InChI=1S/C11H10BrNO2S/c1-7-3-4-8(9(5-7)14-2)15-11-13-10(12)6-16-11/h3-6H,1-2H3. The molecular formula is C11H10BrNO2S. The van der Waals surface area contributed by atoms with Crippen molar-refractivity contribution in [3.8, 4) is 16.7 Å². The van der Waals surface area contributed by atoms with Crippen LogP contribution in [-0.4, -0.2) is 12.1 Å². The molecule has 1 heterocycles. The summed E-state index contributed by atoms with van der Waals surface area (Å²) in [5.41, 5.74) is 1.13. The van der Waals surface area contributed by atoms with Crippen molar-refractivity contribution in [2.24, 2.45) is 0 Å². The van der Waals surface area contributed by atoms with E-state index in [1.54, 1.807) is 7.11 Å². The molecule has 2 rings (SSSR count). The van der Waals surface area contributed by atoms with Gasteiger partial charge in [0.05, 0.1) is 7.11 Å². The van der Waals surface area contributed by atoms with E-state index in [0.29, 0.717) is 16.7 Å². The normalized spacial score (nSPS) is 10.2. The van der Waals surface area contributed by atoms with Crippen LogP contribution in [0.1, 0.15) is 5.56 Å². The van der Waals surface area contributed by atoms with Crippen LogP contribution < -0.4 is 9.47 Å². The number of nitrogens with zero attached hydrogens (tertiary/aromatic N) is 1. The van der Waals surface area contributed by atoms with Gasteiger partial charge in [0.15, 0.2) is 11.5 Å². The minimum Gasteiger partial charge on any atom is -0.493 e. The van der Waals surface area contributed by atoms with E-state index in [-0.39, 0.29) is 0 Å². The van der Waals surface area contributed by atoms with E-state index >= 15 is 0 Å². The second-order valence-electron chi connectivity index (χ2n) is 3.19. The molecule has 84 valence electrons. The minimum atomic E-state index is 0.592. The van der Waals surface area contributed by atoms with E-state index in [1.807, 2.05) is 30.5 Å². The number of aromatic nitrogens is 1. The van der Waals surface area contributed by atoms with Crippen molar-refractivity contribution < 1.29 is 9.47 Å². The van der Waals surface area contributed by atoms with Crippen molar-refractivity contribution in [3.05, 3.63) is 33.7 Å². The summed E-state index contributed by atoms with van der Waals surface area (Å²) in [4.78, 5) is 4.16. The Bertz CT molecular complexity index is 498. The van der Waals surface area contributed by atoms with Gasteiger partial charge in [0.2, 0.25) is 0 Å². The molecule has 0 aliphatic heterocycles. The number of rotatable bonds is 3. The van der Waals surface area contributed by atoms with Gasteiger partial charge in [-0.05, 0) is 40.5 Å². The van der Waals surface area contributed by atoms with Crippen LogP contribution in [0, 0.1) is 6.92 Å². The lowest BCUT2D eigenvalue weighted by Crippen LogP contribution is -1.90. The molecule has 0 atom stereocenters. The molecule has 0 bridgehead atoms. The van der Waals surface area contributed by atoms with Gasteiger partial charge in [-0.2, -0.15) is 4.98 Å². The van der Waals surface area contributed by atoms with Crippen molar-refractivity contribution in [3.63, 3.8) is 0 Å². The maximum Gasteiger partial charge on any atom is 0.279 e. The van der Waals surface area contributed by atoms with Gasteiger partial charge in [-0.25, -0.2) is 0 Å². The second-order valence-corrected chi connectivity index (χ2v) is 4.83. The third kappa shape index (κ3) is 2.54. The van der Waals surface area contributed by atoms with Gasteiger partial charge in [0, 0.05) is 5.38 Å². The summed E-state index contributed by atoms with van der Waals surface area (Å²) in [6.45, 7) is 2.01. The zero-order chi connectivity index (χ0) is 11.5. The van der Waals surface area contributed by atoms with Crippen molar-refractivity contribution in [1.29, 1.82) is 0 Å². The minimum absolute atomic E-state index is 0.592. The summed E-state index contributed by atoms with van der Waals surface area (Å²) in [5, 5.41) is 2.46. The first-order chi connectivity index (χ1) is 7.69. The highest BCUT2D eigenvalue weighted by Gasteiger charge is 2.08. The first-order valence-corrected chi connectivity index (χ1v) is 6.30. The molecule has 5 heteroatoms. The quantitative estimate of drug-likeness (QED) is 0.858. The lowest BCUT2D eigenvalue weighted by molar-refractivity contribution is 0.377. The molecule has 1 aromatic heterocycles. The van der Waals surface area contributed by atoms with E-state index in [1.165, 1.54) is 11.3 Å². The summed E-state index contributed by atoms with van der Waals surface area (Å²) >= 11 is 4.71. The molecule has 0 radical (unpaired) electrons. The molecule has 0 unspecified atom stereocenters. The van der Waals surface area contributed by atoms with Crippen LogP contribution in [0.4, 0.5) is 0 Å². The third-order valence-corrected chi connectivity index (χ3v) is 3.40. The van der Waals surface area contributed by atoms with Crippen LogP contribution in [0.3, 0.4) is 0 Å². The van der Waals surface area contributed by atoms with Crippen LogP contribution in [0.15, 0.2) is 28.2 Å². The van der Waals surface area contributed by atoms with Gasteiger partial charge >= 0.3 is 0 Å². The molecule has 0 aliphatic carbocycles. The van der Waals surface area contributed by atoms with Crippen LogP contribution in [0.5, 0.6) is 16.7 Å². The number of thiazole rings is 1. The second kappa shape index (κ2) is 4.84. The number of benzene rings is 1. The van der Waals surface area contributed by atoms with Gasteiger partial charge in [-0.1, -0.05) is 17.4 Å². The predicted octanol–water partition coefficient (Wildman–Crippen LogP) is 4.01. The van der Waals surface area contributed by atoms with E-state index in [2.05, 4.69) is 20.9 Å². The van der Waals surface area contributed by atoms with Gasteiger partial charge in [-0.3, -0.25) is 0 Å². The Balaban J connectivity index is 2.27. The number of hydrogen-bond donors (Lipinski definition) is 0. The summed E-state index contributed by atoms with van der Waals surface area (Å²) < 4.78 is 11.7. The summed E-state index contributed by atoms with van der Waals surface area (Å²) in [6, 6.07) is 5.78. The molecule has 0 saturated heterocycles. The van der Waals surface area contributed by atoms with E-state index in [9.17, 15) is 0 Å². The summed E-state index contributed by atoms with van der Waals surface area (Å²) in [5.74, 6) is 1.39. The highest BCUT2D eigenvalue weighted by atomic mass is 79.9. The molecule has 0 N–H and O–H groups in total. The molecule has 16 heavy (non-hydrogen) atoms. The average molecular weight is 300 g/mol. The monoisotopic (exact) mass is 299 g/mol. The van der Waals surface area contributed by atoms with Gasteiger partial charge < -0.3 is 9.47 Å². The first kappa shape index (κ1) is 11.4. The zero-order valence-electron chi connectivity index (χ0n) is 8.86. The molecule has 2 aromatic rings. The number of ether oxygens (including phenoxy) is 2. The highest BCUT2D eigenvalue weighted by molar-refractivity contribution is 9.10. The fourth-order valence-corrected chi connectivity index (χ4v) is 2.34. The van der Waals surface area contributed by atoms with Crippen molar-refractivity contribution in [1.82, 2.24) is 4.98 Å². The average Bonchev–Trinajstić information content (AvgIpc) is 2.67. The van der Waals surface area contributed by atoms with E-state index in [4.69, 9.17) is 9.47 Å².